The standard InChI is InChI=1S/C11H13N5O/c12-11(17)8-1-2-9(16-7-8)13-4-3-10-14-5-6-15-10/h1-2,5-7H,3-4H2,(H2,12,17)(H,13,16)(H,14,15). The second-order valence-corrected chi connectivity index (χ2v) is 3.51. The van der Waals surface area contributed by atoms with Crippen LogP contribution in [0.3, 0.4) is 0 Å². The van der Waals surface area contributed by atoms with Crippen molar-refractivity contribution in [2.75, 3.05) is 11.9 Å². The quantitative estimate of drug-likeness (QED) is 0.700. The maximum Gasteiger partial charge on any atom is 0.250 e. The van der Waals surface area contributed by atoms with Crippen molar-refractivity contribution in [1.82, 2.24) is 15.0 Å². The number of pyridine rings is 1. The molecular formula is C11H13N5O. The minimum atomic E-state index is -0.473. The summed E-state index contributed by atoms with van der Waals surface area (Å²) in [6.07, 6.45) is 5.74. The van der Waals surface area contributed by atoms with Gasteiger partial charge in [-0.25, -0.2) is 9.97 Å². The van der Waals surface area contributed by atoms with Gasteiger partial charge in [0, 0.05) is 31.6 Å². The summed E-state index contributed by atoms with van der Waals surface area (Å²) in [5.41, 5.74) is 5.52. The molecule has 2 rings (SSSR count). The molecule has 0 bridgehead atoms. The number of imidazole rings is 1. The van der Waals surface area contributed by atoms with Gasteiger partial charge in [-0.1, -0.05) is 0 Å². The molecule has 0 aliphatic carbocycles. The number of aromatic nitrogens is 3. The highest BCUT2D eigenvalue weighted by Gasteiger charge is 2.00. The topological polar surface area (TPSA) is 96.7 Å². The molecular weight excluding hydrogens is 218 g/mol. The van der Waals surface area contributed by atoms with Crippen LogP contribution in [0.2, 0.25) is 0 Å². The summed E-state index contributed by atoms with van der Waals surface area (Å²) < 4.78 is 0. The highest BCUT2D eigenvalue weighted by atomic mass is 16.1. The number of amides is 1. The first-order valence-electron chi connectivity index (χ1n) is 5.23. The van der Waals surface area contributed by atoms with Crippen LogP contribution in [0.4, 0.5) is 5.82 Å². The van der Waals surface area contributed by atoms with E-state index in [2.05, 4.69) is 20.3 Å². The number of primary amides is 1. The van der Waals surface area contributed by atoms with Crippen LogP contribution in [0.1, 0.15) is 16.2 Å². The van der Waals surface area contributed by atoms with E-state index in [1.54, 1.807) is 24.5 Å². The number of nitrogens with two attached hydrogens (primary N) is 1. The summed E-state index contributed by atoms with van der Waals surface area (Å²) in [5, 5.41) is 3.13. The first-order valence-corrected chi connectivity index (χ1v) is 5.23. The molecule has 0 saturated heterocycles. The normalized spacial score (nSPS) is 10.1. The van der Waals surface area contributed by atoms with Gasteiger partial charge in [0.05, 0.1) is 5.56 Å². The third-order valence-electron chi connectivity index (χ3n) is 2.27. The molecule has 0 aliphatic heterocycles. The third kappa shape index (κ3) is 3.04. The van der Waals surface area contributed by atoms with Gasteiger partial charge in [0.25, 0.3) is 0 Å². The Kier molecular flexibility index (Phi) is 3.34. The molecule has 6 nitrogen and oxygen atoms in total. The van der Waals surface area contributed by atoms with E-state index in [-0.39, 0.29) is 0 Å². The van der Waals surface area contributed by atoms with Crippen LogP contribution in [0.25, 0.3) is 0 Å². The van der Waals surface area contributed by atoms with Gasteiger partial charge < -0.3 is 16.0 Å². The Balaban J connectivity index is 1.85. The molecule has 0 fully saturated rings. The predicted octanol–water partition coefficient (Wildman–Crippen LogP) is 0.558. The van der Waals surface area contributed by atoms with Gasteiger partial charge in [-0.15, -0.1) is 0 Å². The fourth-order valence-corrected chi connectivity index (χ4v) is 1.39. The Morgan fingerprint density at radius 1 is 1.41 bits per heavy atom. The number of nitrogens with one attached hydrogen (secondary N) is 2. The van der Waals surface area contributed by atoms with Crippen molar-refractivity contribution in [3.63, 3.8) is 0 Å². The lowest BCUT2D eigenvalue weighted by Crippen LogP contribution is -2.12. The van der Waals surface area contributed by atoms with Crippen molar-refractivity contribution < 1.29 is 4.79 Å². The van der Waals surface area contributed by atoms with E-state index in [0.717, 1.165) is 18.8 Å². The van der Waals surface area contributed by atoms with E-state index in [0.29, 0.717) is 11.4 Å². The van der Waals surface area contributed by atoms with Crippen LogP contribution < -0.4 is 11.1 Å². The summed E-state index contributed by atoms with van der Waals surface area (Å²) in [5.74, 6) is 1.16. The van der Waals surface area contributed by atoms with Crippen LogP contribution in [0.15, 0.2) is 30.7 Å². The Morgan fingerprint density at radius 3 is 2.88 bits per heavy atom. The maximum atomic E-state index is 10.8. The van der Waals surface area contributed by atoms with Gasteiger partial charge in [-0.2, -0.15) is 0 Å². The second kappa shape index (κ2) is 5.11. The molecule has 17 heavy (non-hydrogen) atoms. The number of hydrogen-bond donors (Lipinski definition) is 3. The number of nitrogens with zero attached hydrogens (tertiary/aromatic N) is 2. The Labute approximate surface area is 98.3 Å². The average molecular weight is 231 g/mol. The summed E-state index contributed by atoms with van der Waals surface area (Å²) >= 11 is 0. The molecule has 88 valence electrons. The lowest BCUT2D eigenvalue weighted by atomic mass is 10.3. The van der Waals surface area contributed by atoms with Crippen molar-refractivity contribution in [1.29, 1.82) is 0 Å². The fraction of sp³-hybridized carbons (Fsp3) is 0.182. The number of aromatic amines is 1. The van der Waals surface area contributed by atoms with Crippen molar-refractivity contribution in [2.45, 2.75) is 6.42 Å². The van der Waals surface area contributed by atoms with E-state index in [9.17, 15) is 4.79 Å². The van der Waals surface area contributed by atoms with E-state index in [4.69, 9.17) is 5.73 Å². The zero-order valence-corrected chi connectivity index (χ0v) is 9.18. The van der Waals surface area contributed by atoms with Crippen molar-refractivity contribution in [3.8, 4) is 0 Å². The number of rotatable bonds is 5. The number of hydrogen-bond acceptors (Lipinski definition) is 4. The number of anilines is 1. The Bertz CT molecular complexity index is 477. The average Bonchev–Trinajstić information content (AvgIpc) is 2.83. The maximum absolute atomic E-state index is 10.8. The molecule has 4 N–H and O–H groups in total. The van der Waals surface area contributed by atoms with Gasteiger partial charge in [0.15, 0.2) is 0 Å². The molecule has 1 amide bonds. The van der Waals surface area contributed by atoms with Crippen LogP contribution in [-0.2, 0) is 6.42 Å². The lowest BCUT2D eigenvalue weighted by molar-refractivity contribution is 0.1000. The zero-order chi connectivity index (χ0) is 12.1. The van der Waals surface area contributed by atoms with Gasteiger partial charge in [-0.3, -0.25) is 4.79 Å². The second-order valence-electron chi connectivity index (χ2n) is 3.51. The molecule has 0 saturated carbocycles. The number of carbonyl (C=O) groups is 1. The molecule has 0 unspecified atom stereocenters. The monoisotopic (exact) mass is 231 g/mol. The summed E-state index contributed by atoms with van der Waals surface area (Å²) in [6, 6.07) is 3.37. The highest BCUT2D eigenvalue weighted by molar-refractivity contribution is 5.92. The first kappa shape index (κ1) is 11.1. The first-order chi connectivity index (χ1) is 8.25. The number of H-pyrrole nitrogens is 1. The van der Waals surface area contributed by atoms with Crippen LogP contribution >= 0.6 is 0 Å². The highest BCUT2D eigenvalue weighted by Crippen LogP contribution is 2.04. The zero-order valence-electron chi connectivity index (χ0n) is 9.18. The van der Waals surface area contributed by atoms with Crippen LogP contribution in [0, 0.1) is 0 Å². The lowest BCUT2D eigenvalue weighted by Gasteiger charge is -2.04. The van der Waals surface area contributed by atoms with E-state index < -0.39 is 5.91 Å². The van der Waals surface area contributed by atoms with E-state index in [1.165, 1.54) is 6.20 Å². The molecule has 0 aromatic carbocycles. The minimum absolute atomic E-state index is 0.404. The Morgan fingerprint density at radius 2 is 2.29 bits per heavy atom. The van der Waals surface area contributed by atoms with E-state index >= 15 is 0 Å². The Hall–Kier alpha value is -2.37. The molecule has 2 aromatic heterocycles. The van der Waals surface area contributed by atoms with Crippen molar-refractivity contribution in [2.24, 2.45) is 5.73 Å². The van der Waals surface area contributed by atoms with E-state index in [1.807, 2.05) is 0 Å². The van der Waals surface area contributed by atoms with Gasteiger partial charge in [0.2, 0.25) is 5.91 Å². The summed E-state index contributed by atoms with van der Waals surface area (Å²) in [4.78, 5) is 22.0. The fourth-order valence-electron chi connectivity index (χ4n) is 1.39. The molecule has 0 radical (unpaired) electrons. The molecule has 6 heteroatoms. The van der Waals surface area contributed by atoms with Crippen molar-refractivity contribution in [3.05, 3.63) is 42.1 Å². The smallest absolute Gasteiger partial charge is 0.250 e. The molecule has 0 aliphatic rings. The molecule has 2 aromatic rings. The van der Waals surface area contributed by atoms with Crippen LogP contribution in [0.5, 0.6) is 0 Å². The minimum Gasteiger partial charge on any atom is -0.370 e. The molecule has 2 heterocycles. The third-order valence-corrected chi connectivity index (χ3v) is 2.27. The molecule has 0 atom stereocenters. The molecule has 0 spiro atoms. The van der Waals surface area contributed by atoms with Gasteiger partial charge in [-0.05, 0) is 12.1 Å². The van der Waals surface area contributed by atoms with Gasteiger partial charge in [0.1, 0.15) is 11.6 Å². The summed E-state index contributed by atoms with van der Waals surface area (Å²) in [7, 11) is 0. The van der Waals surface area contributed by atoms with Crippen LogP contribution in [-0.4, -0.2) is 27.4 Å². The number of carbonyl (C=O) groups excluding carboxylic acids is 1. The summed E-state index contributed by atoms with van der Waals surface area (Å²) in [6.45, 7) is 0.719. The largest absolute Gasteiger partial charge is 0.370 e. The van der Waals surface area contributed by atoms with Gasteiger partial charge >= 0.3 is 0 Å². The van der Waals surface area contributed by atoms with Crippen molar-refractivity contribution >= 4 is 11.7 Å². The SMILES string of the molecule is NC(=O)c1ccc(NCCc2ncc[nH]2)nc1. The predicted molar refractivity (Wildman–Crippen MR) is 63.5 cm³/mol.